The number of fused-ring (bicyclic) bond motifs is 1. The number of hydrogen-bond donors (Lipinski definition) is 2. The highest BCUT2D eigenvalue weighted by atomic mass is 32.1. The van der Waals surface area contributed by atoms with Gasteiger partial charge in [-0.25, -0.2) is 9.98 Å². The van der Waals surface area contributed by atoms with Gasteiger partial charge in [0.2, 0.25) is 0 Å². The van der Waals surface area contributed by atoms with E-state index in [9.17, 15) is 0 Å². The molecule has 0 aliphatic heterocycles. The van der Waals surface area contributed by atoms with Crippen LogP contribution in [-0.2, 0) is 11.3 Å². The van der Waals surface area contributed by atoms with Crippen molar-refractivity contribution in [3.8, 4) is 0 Å². The van der Waals surface area contributed by atoms with Crippen LogP contribution < -0.4 is 10.6 Å². The molecule has 1 fully saturated rings. The summed E-state index contributed by atoms with van der Waals surface area (Å²) in [5.41, 5.74) is 1.35. The quantitative estimate of drug-likeness (QED) is 0.559. The summed E-state index contributed by atoms with van der Waals surface area (Å²) in [7, 11) is 1.79. The smallest absolute Gasteiger partial charge is 0.193 e. The molecular formula is C18H29N5OS. The van der Waals surface area contributed by atoms with Crippen LogP contribution in [0.4, 0.5) is 0 Å². The summed E-state index contributed by atoms with van der Waals surface area (Å²) < 4.78 is 7.38. The number of thiazole rings is 1. The summed E-state index contributed by atoms with van der Waals surface area (Å²) in [5, 5.41) is 8.96. The van der Waals surface area contributed by atoms with E-state index in [1.165, 1.54) is 25.7 Å². The number of nitrogens with zero attached hydrogens (tertiary/aromatic N) is 3. The number of aliphatic imine (C=N–C) groups is 1. The lowest BCUT2D eigenvalue weighted by molar-refractivity contribution is 0.138. The van der Waals surface area contributed by atoms with Gasteiger partial charge in [0.05, 0.1) is 12.2 Å². The van der Waals surface area contributed by atoms with E-state index in [2.05, 4.69) is 28.7 Å². The molecule has 25 heavy (non-hydrogen) atoms. The lowest BCUT2D eigenvalue weighted by atomic mass is 9.83. The molecule has 6 nitrogen and oxygen atoms in total. The molecular weight excluding hydrogens is 334 g/mol. The van der Waals surface area contributed by atoms with Gasteiger partial charge >= 0.3 is 0 Å². The van der Waals surface area contributed by atoms with E-state index in [1.54, 1.807) is 18.4 Å². The SMILES string of the molecule is CCNC(=NCc1cn2ccsc2n1)NCC1(CCOC)CCCC1. The summed E-state index contributed by atoms with van der Waals surface area (Å²) >= 11 is 1.65. The van der Waals surface area contributed by atoms with E-state index in [-0.39, 0.29) is 0 Å². The molecule has 0 amide bonds. The Morgan fingerprint density at radius 1 is 1.40 bits per heavy atom. The number of hydrogen-bond acceptors (Lipinski definition) is 4. The molecule has 1 saturated carbocycles. The highest BCUT2D eigenvalue weighted by Crippen LogP contribution is 2.40. The fourth-order valence-electron chi connectivity index (χ4n) is 3.58. The summed E-state index contributed by atoms with van der Waals surface area (Å²) in [6, 6.07) is 0. The first-order chi connectivity index (χ1) is 12.2. The fourth-order valence-corrected chi connectivity index (χ4v) is 4.30. The topological polar surface area (TPSA) is 63.0 Å². The van der Waals surface area contributed by atoms with Crippen molar-refractivity contribution >= 4 is 22.3 Å². The zero-order chi connectivity index (χ0) is 17.5. The molecule has 2 aromatic heterocycles. The summed E-state index contributed by atoms with van der Waals surface area (Å²) in [4.78, 5) is 10.3. The highest BCUT2D eigenvalue weighted by molar-refractivity contribution is 7.15. The van der Waals surface area contributed by atoms with Gasteiger partial charge in [-0.15, -0.1) is 11.3 Å². The summed E-state index contributed by atoms with van der Waals surface area (Å²) in [6.07, 6.45) is 10.4. The van der Waals surface area contributed by atoms with Gasteiger partial charge in [0.1, 0.15) is 0 Å². The van der Waals surface area contributed by atoms with E-state index in [0.717, 1.165) is 42.7 Å². The number of ether oxygens (including phenoxy) is 1. The Labute approximate surface area is 153 Å². The molecule has 2 N–H and O–H groups in total. The van der Waals surface area contributed by atoms with Gasteiger partial charge in [0.15, 0.2) is 10.9 Å². The molecule has 0 aromatic carbocycles. The van der Waals surface area contributed by atoms with Crippen LogP contribution in [0.3, 0.4) is 0 Å². The number of methoxy groups -OCH3 is 1. The molecule has 2 aromatic rings. The Bertz CT molecular complexity index is 658. The number of nitrogens with one attached hydrogen (secondary N) is 2. The van der Waals surface area contributed by atoms with Gasteiger partial charge in [-0.1, -0.05) is 12.8 Å². The molecule has 0 radical (unpaired) electrons. The summed E-state index contributed by atoms with van der Waals surface area (Å²) in [6.45, 7) is 5.34. The number of guanidine groups is 1. The van der Waals surface area contributed by atoms with Crippen LogP contribution in [-0.4, -0.2) is 42.2 Å². The maximum absolute atomic E-state index is 5.33. The molecule has 1 aliphatic rings. The third kappa shape index (κ3) is 4.73. The molecule has 0 spiro atoms. The van der Waals surface area contributed by atoms with Crippen molar-refractivity contribution in [1.82, 2.24) is 20.0 Å². The van der Waals surface area contributed by atoms with Gasteiger partial charge in [-0.05, 0) is 31.6 Å². The van der Waals surface area contributed by atoms with Crippen molar-refractivity contribution in [1.29, 1.82) is 0 Å². The van der Waals surface area contributed by atoms with Crippen LogP contribution in [0.15, 0.2) is 22.8 Å². The third-order valence-electron chi connectivity index (χ3n) is 5.02. The van der Waals surface area contributed by atoms with Crippen molar-refractivity contribution in [2.45, 2.75) is 45.6 Å². The van der Waals surface area contributed by atoms with Crippen molar-refractivity contribution in [3.63, 3.8) is 0 Å². The molecule has 0 atom stereocenters. The zero-order valence-corrected chi connectivity index (χ0v) is 16.1. The third-order valence-corrected chi connectivity index (χ3v) is 5.79. The lowest BCUT2D eigenvalue weighted by Gasteiger charge is -2.29. The fraction of sp³-hybridized carbons (Fsp3) is 0.667. The number of aromatic nitrogens is 2. The monoisotopic (exact) mass is 363 g/mol. The first kappa shape index (κ1) is 18.2. The average Bonchev–Trinajstić information content (AvgIpc) is 3.32. The minimum Gasteiger partial charge on any atom is -0.385 e. The largest absolute Gasteiger partial charge is 0.385 e. The van der Waals surface area contributed by atoms with E-state index in [1.807, 2.05) is 16.0 Å². The van der Waals surface area contributed by atoms with Crippen LogP contribution >= 0.6 is 11.3 Å². The molecule has 7 heteroatoms. The molecule has 0 unspecified atom stereocenters. The number of imidazole rings is 1. The van der Waals surface area contributed by atoms with Gasteiger partial charge in [0, 0.05) is 44.6 Å². The van der Waals surface area contributed by atoms with E-state index >= 15 is 0 Å². The zero-order valence-electron chi connectivity index (χ0n) is 15.3. The maximum atomic E-state index is 5.33. The second-order valence-corrected chi connectivity index (χ2v) is 7.70. The van der Waals surface area contributed by atoms with Crippen molar-refractivity contribution in [3.05, 3.63) is 23.5 Å². The standard InChI is InChI=1S/C18H29N5OS/c1-3-19-16(20-12-15-13-23-9-11-25-17(23)22-15)21-14-18(8-10-24-2)6-4-5-7-18/h9,11,13H,3-8,10,12,14H2,1-2H3,(H2,19,20,21). The van der Waals surface area contributed by atoms with Crippen LogP contribution in [0.2, 0.25) is 0 Å². The minimum absolute atomic E-state index is 0.350. The maximum Gasteiger partial charge on any atom is 0.193 e. The first-order valence-corrected chi connectivity index (χ1v) is 10.0. The minimum atomic E-state index is 0.350. The second-order valence-electron chi connectivity index (χ2n) is 6.82. The van der Waals surface area contributed by atoms with Gasteiger partial charge in [-0.2, -0.15) is 0 Å². The van der Waals surface area contributed by atoms with Crippen LogP contribution in [0, 0.1) is 5.41 Å². The Morgan fingerprint density at radius 2 is 2.24 bits per heavy atom. The Morgan fingerprint density at radius 3 is 2.96 bits per heavy atom. The molecule has 1 aliphatic carbocycles. The molecule has 0 bridgehead atoms. The van der Waals surface area contributed by atoms with Crippen LogP contribution in [0.5, 0.6) is 0 Å². The normalized spacial score (nSPS) is 17.3. The van der Waals surface area contributed by atoms with E-state index < -0.39 is 0 Å². The average molecular weight is 364 g/mol. The predicted molar refractivity (Wildman–Crippen MR) is 103 cm³/mol. The first-order valence-electron chi connectivity index (χ1n) is 9.17. The molecule has 3 rings (SSSR count). The predicted octanol–water partition coefficient (Wildman–Crippen LogP) is 3.05. The molecule has 2 heterocycles. The van der Waals surface area contributed by atoms with Gasteiger partial charge in [0.25, 0.3) is 0 Å². The summed E-state index contributed by atoms with van der Waals surface area (Å²) in [5.74, 6) is 0.877. The van der Waals surface area contributed by atoms with Crippen LogP contribution in [0.25, 0.3) is 4.96 Å². The second kappa shape index (κ2) is 8.67. The van der Waals surface area contributed by atoms with Crippen molar-refractivity contribution < 1.29 is 4.74 Å². The Balaban J connectivity index is 1.60. The number of rotatable bonds is 8. The molecule has 0 saturated heterocycles. The lowest BCUT2D eigenvalue weighted by Crippen LogP contribution is -2.43. The van der Waals surface area contributed by atoms with E-state index in [4.69, 9.17) is 9.73 Å². The Kier molecular flexibility index (Phi) is 6.31. The Hall–Kier alpha value is -1.60. The van der Waals surface area contributed by atoms with Crippen molar-refractivity contribution in [2.75, 3.05) is 26.8 Å². The van der Waals surface area contributed by atoms with Crippen molar-refractivity contribution in [2.24, 2.45) is 10.4 Å². The van der Waals surface area contributed by atoms with Gasteiger partial charge < -0.3 is 15.4 Å². The van der Waals surface area contributed by atoms with Gasteiger partial charge in [-0.3, -0.25) is 4.40 Å². The van der Waals surface area contributed by atoms with E-state index in [0.29, 0.717) is 12.0 Å². The highest BCUT2D eigenvalue weighted by Gasteiger charge is 2.33. The van der Waals surface area contributed by atoms with Crippen LogP contribution in [0.1, 0.15) is 44.7 Å². The molecule has 138 valence electrons.